The van der Waals surface area contributed by atoms with Crippen molar-refractivity contribution in [2.24, 2.45) is 0 Å². The summed E-state index contributed by atoms with van der Waals surface area (Å²) in [7, 11) is 0. The number of nitrogens with one attached hydrogen (secondary N) is 1. The van der Waals surface area contributed by atoms with Crippen LogP contribution in [0.2, 0.25) is 0 Å². The van der Waals surface area contributed by atoms with E-state index < -0.39 is 0 Å². The van der Waals surface area contributed by atoms with Crippen molar-refractivity contribution in [1.29, 1.82) is 0 Å². The smallest absolute Gasteiger partial charge is 0.263 e. The van der Waals surface area contributed by atoms with E-state index in [1.165, 1.54) is 0 Å². The van der Waals surface area contributed by atoms with Gasteiger partial charge in [0.15, 0.2) is 0 Å². The molecular formula is C13H17N3O3. The molecular weight excluding hydrogens is 246 g/mol. The fourth-order valence-electron chi connectivity index (χ4n) is 1.93. The molecule has 0 unspecified atom stereocenters. The molecule has 1 N–H and O–H groups in total. The van der Waals surface area contributed by atoms with E-state index >= 15 is 0 Å². The zero-order chi connectivity index (χ0) is 14.0. The number of anilines is 1. The van der Waals surface area contributed by atoms with Crippen molar-refractivity contribution in [3.63, 3.8) is 0 Å². The van der Waals surface area contributed by atoms with Gasteiger partial charge in [-0.2, -0.15) is 0 Å². The third-order valence-corrected chi connectivity index (χ3v) is 3.08. The van der Waals surface area contributed by atoms with Gasteiger partial charge in [-0.25, -0.2) is 0 Å². The number of nitrogens with zero attached hydrogens (tertiary/aromatic N) is 2. The molecule has 0 fully saturated rings. The highest BCUT2D eigenvalue weighted by atomic mass is 16.5. The first-order valence-corrected chi connectivity index (χ1v) is 6.30. The van der Waals surface area contributed by atoms with Crippen molar-refractivity contribution in [1.82, 2.24) is 10.3 Å². The fourth-order valence-corrected chi connectivity index (χ4v) is 1.93. The Balaban J connectivity index is 2.25. The minimum Gasteiger partial charge on any atom is -0.361 e. The highest BCUT2D eigenvalue weighted by Gasteiger charge is 2.21. The van der Waals surface area contributed by atoms with Gasteiger partial charge in [0.2, 0.25) is 5.88 Å². The van der Waals surface area contributed by atoms with Gasteiger partial charge in [0.1, 0.15) is 11.3 Å². The quantitative estimate of drug-likeness (QED) is 0.917. The predicted molar refractivity (Wildman–Crippen MR) is 69.2 cm³/mol. The standard InChI is InChI=1S/C13H17N3O3/c1-5-9-7(3)13(19-15-9)14-12(17)11-8(4)18-16-10(11)6-2/h5-6H2,1-4H3,(H,14,17). The molecule has 6 nitrogen and oxygen atoms in total. The van der Waals surface area contributed by atoms with Crippen molar-refractivity contribution >= 4 is 11.8 Å². The van der Waals surface area contributed by atoms with Gasteiger partial charge in [-0.05, 0) is 26.7 Å². The number of amides is 1. The van der Waals surface area contributed by atoms with Gasteiger partial charge < -0.3 is 9.05 Å². The normalized spacial score (nSPS) is 10.7. The molecule has 0 radical (unpaired) electrons. The lowest BCUT2D eigenvalue weighted by Gasteiger charge is -2.02. The topological polar surface area (TPSA) is 81.2 Å². The summed E-state index contributed by atoms with van der Waals surface area (Å²) < 4.78 is 10.2. The first kappa shape index (κ1) is 13.3. The van der Waals surface area contributed by atoms with Crippen molar-refractivity contribution in [3.05, 3.63) is 28.3 Å². The Kier molecular flexibility index (Phi) is 3.69. The van der Waals surface area contributed by atoms with E-state index in [4.69, 9.17) is 9.05 Å². The van der Waals surface area contributed by atoms with Crippen molar-refractivity contribution in [2.75, 3.05) is 5.32 Å². The highest BCUT2D eigenvalue weighted by molar-refractivity contribution is 6.05. The second-order valence-corrected chi connectivity index (χ2v) is 4.31. The maximum absolute atomic E-state index is 12.2. The number of aryl methyl sites for hydroxylation is 3. The summed E-state index contributed by atoms with van der Waals surface area (Å²) in [5.41, 5.74) is 2.80. The average molecular weight is 263 g/mol. The zero-order valence-electron chi connectivity index (χ0n) is 11.5. The Hall–Kier alpha value is -2.11. The lowest BCUT2D eigenvalue weighted by Crippen LogP contribution is -2.14. The summed E-state index contributed by atoms with van der Waals surface area (Å²) in [6, 6.07) is 0. The van der Waals surface area contributed by atoms with Gasteiger partial charge in [-0.15, -0.1) is 0 Å². The molecule has 0 aliphatic rings. The van der Waals surface area contributed by atoms with Crippen LogP contribution in [0.15, 0.2) is 9.05 Å². The Morgan fingerprint density at radius 2 is 1.74 bits per heavy atom. The van der Waals surface area contributed by atoms with Crippen LogP contribution in [-0.4, -0.2) is 16.2 Å². The number of rotatable bonds is 4. The van der Waals surface area contributed by atoms with Gasteiger partial charge in [-0.1, -0.05) is 24.2 Å². The van der Waals surface area contributed by atoms with Crippen molar-refractivity contribution in [2.45, 2.75) is 40.5 Å². The third-order valence-electron chi connectivity index (χ3n) is 3.08. The number of carbonyl (C=O) groups is 1. The molecule has 6 heteroatoms. The Morgan fingerprint density at radius 3 is 2.32 bits per heavy atom. The largest absolute Gasteiger partial charge is 0.361 e. The molecule has 0 spiro atoms. The Morgan fingerprint density at radius 1 is 1.11 bits per heavy atom. The number of hydrogen-bond acceptors (Lipinski definition) is 5. The molecule has 102 valence electrons. The lowest BCUT2D eigenvalue weighted by molar-refractivity contribution is 0.102. The summed E-state index contributed by atoms with van der Waals surface area (Å²) in [6.07, 6.45) is 1.40. The van der Waals surface area contributed by atoms with Crippen LogP contribution in [0.25, 0.3) is 0 Å². The summed E-state index contributed by atoms with van der Waals surface area (Å²) in [4.78, 5) is 12.2. The molecule has 0 bridgehead atoms. The molecule has 0 atom stereocenters. The van der Waals surface area contributed by atoms with Gasteiger partial charge in [-0.3, -0.25) is 10.1 Å². The first-order valence-electron chi connectivity index (χ1n) is 6.30. The summed E-state index contributed by atoms with van der Waals surface area (Å²) in [5.74, 6) is 0.601. The lowest BCUT2D eigenvalue weighted by atomic mass is 10.1. The average Bonchev–Trinajstić information content (AvgIpc) is 2.93. The van der Waals surface area contributed by atoms with E-state index in [1.807, 2.05) is 20.8 Å². The van der Waals surface area contributed by atoms with Crippen LogP contribution in [0.4, 0.5) is 5.88 Å². The van der Waals surface area contributed by atoms with Crippen LogP contribution in [0.3, 0.4) is 0 Å². The molecule has 2 rings (SSSR count). The Labute approximate surface area is 111 Å². The fraction of sp³-hybridized carbons (Fsp3) is 0.462. The molecule has 2 aromatic heterocycles. The van der Waals surface area contributed by atoms with E-state index in [0.29, 0.717) is 29.3 Å². The van der Waals surface area contributed by atoms with Crippen LogP contribution in [0, 0.1) is 13.8 Å². The van der Waals surface area contributed by atoms with E-state index in [1.54, 1.807) is 6.92 Å². The van der Waals surface area contributed by atoms with E-state index in [0.717, 1.165) is 17.7 Å². The second-order valence-electron chi connectivity index (χ2n) is 4.31. The molecule has 0 saturated carbocycles. The van der Waals surface area contributed by atoms with Crippen LogP contribution in [0.5, 0.6) is 0 Å². The Bertz CT molecular complexity index is 598. The van der Waals surface area contributed by atoms with E-state index in [9.17, 15) is 4.79 Å². The molecule has 2 aromatic rings. The predicted octanol–water partition coefficient (Wildman–Crippen LogP) is 2.66. The number of aromatic nitrogens is 2. The molecule has 1 amide bonds. The second kappa shape index (κ2) is 5.26. The molecule has 0 aromatic carbocycles. The highest BCUT2D eigenvalue weighted by Crippen LogP contribution is 2.21. The van der Waals surface area contributed by atoms with Gasteiger partial charge in [0.25, 0.3) is 5.91 Å². The maximum atomic E-state index is 12.2. The van der Waals surface area contributed by atoms with Crippen LogP contribution < -0.4 is 5.32 Å². The minimum absolute atomic E-state index is 0.280. The van der Waals surface area contributed by atoms with Gasteiger partial charge in [0, 0.05) is 5.56 Å². The van der Waals surface area contributed by atoms with Crippen LogP contribution in [-0.2, 0) is 12.8 Å². The molecule has 2 heterocycles. The minimum atomic E-state index is -0.280. The molecule has 19 heavy (non-hydrogen) atoms. The summed E-state index contributed by atoms with van der Waals surface area (Å²) in [5, 5.41) is 10.5. The number of hydrogen-bond donors (Lipinski definition) is 1. The van der Waals surface area contributed by atoms with Crippen molar-refractivity contribution in [3.8, 4) is 0 Å². The molecule has 0 aliphatic carbocycles. The number of carbonyl (C=O) groups excluding carboxylic acids is 1. The third kappa shape index (κ3) is 2.38. The van der Waals surface area contributed by atoms with Crippen LogP contribution >= 0.6 is 0 Å². The van der Waals surface area contributed by atoms with Gasteiger partial charge in [0.05, 0.1) is 11.4 Å². The first-order chi connectivity index (χ1) is 9.08. The summed E-state index contributed by atoms with van der Waals surface area (Å²) >= 11 is 0. The van der Waals surface area contributed by atoms with Gasteiger partial charge >= 0.3 is 0 Å². The van der Waals surface area contributed by atoms with Crippen LogP contribution in [0.1, 0.15) is 46.9 Å². The maximum Gasteiger partial charge on any atom is 0.263 e. The molecule has 0 saturated heterocycles. The molecule has 0 aliphatic heterocycles. The monoisotopic (exact) mass is 263 g/mol. The SMILES string of the molecule is CCc1noc(NC(=O)c2c(CC)noc2C)c1C. The summed E-state index contributed by atoms with van der Waals surface area (Å²) in [6.45, 7) is 7.48. The van der Waals surface area contributed by atoms with Crippen molar-refractivity contribution < 1.29 is 13.8 Å². The van der Waals surface area contributed by atoms with E-state index in [-0.39, 0.29) is 5.91 Å². The van der Waals surface area contributed by atoms with E-state index in [2.05, 4.69) is 15.6 Å². The zero-order valence-corrected chi connectivity index (χ0v) is 11.5.